The third-order valence-electron chi connectivity index (χ3n) is 3.89. The maximum Gasteiger partial charge on any atom is 0.349 e. The predicted octanol–water partition coefficient (Wildman–Crippen LogP) is 5.17. The van der Waals surface area contributed by atoms with Gasteiger partial charge in [0.25, 0.3) is 0 Å². The minimum Gasteiger partial charge on any atom is -0.466 e. The van der Waals surface area contributed by atoms with Gasteiger partial charge in [0.15, 0.2) is 0 Å². The summed E-state index contributed by atoms with van der Waals surface area (Å²) in [7, 11) is 1.31. The highest BCUT2D eigenvalue weighted by molar-refractivity contribution is 6.40. The number of nitrogens with zero attached hydrogens (tertiary/aromatic N) is 1. The van der Waals surface area contributed by atoms with E-state index in [4.69, 9.17) is 21.6 Å². The molecule has 0 amide bonds. The summed E-state index contributed by atoms with van der Waals surface area (Å²) in [6.45, 7) is 7.44. The molecule has 0 aliphatic carbocycles. The molecule has 0 unspecified atom stereocenters. The zero-order valence-corrected chi connectivity index (χ0v) is 18.6. The number of hydrogen-bond acceptors (Lipinski definition) is 6. The van der Waals surface area contributed by atoms with Crippen LogP contribution in [0.1, 0.15) is 23.1 Å². The molecule has 0 saturated carbocycles. The number of anilines is 1. The van der Waals surface area contributed by atoms with Gasteiger partial charge in [-0.25, -0.2) is 9.59 Å². The molecule has 0 radical (unpaired) electrons. The summed E-state index contributed by atoms with van der Waals surface area (Å²) in [6, 6.07) is 17.5. The number of rotatable bonds is 9. The number of carbonyl (C=O) groups is 2. The lowest BCUT2D eigenvalue weighted by atomic mass is 10.1. The molecule has 7 heteroatoms. The zero-order chi connectivity index (χ0) is 23.8. The van der Waals surface area contributed by atoms with Gasteiger partial charge in [-0.1, -0.05) is 61.2 Å². The van der Waals surface area contributed by atoms with Gasteiger partial charge in [-0.3, -0.25) is 0 Å². The average Bonchev–Trinajstić information content (AvgIpc) is 2.83. The molecule has 166 valence electrons. The molecule has 0 aliphatic heterocycles. The van der Waals surface area contributed by atoms with Crippen molar-refractivity contribution in [3.8, 4) is 6.07 Å². The normalized spacial score (nSPS) is 9.66. The number of carbonyl (C=O) groups excluding carboxylic acids is 2. The van der Waals surface area contributed by atoms with Crippen molar-refractivity contribution in [2.45, 2.75) is 6.42 Å². The van der Waals surface area contributed by atoms with E-state index in [0.29, 0.717) is 25.1 Å². The summed E-state index contributed by atoms with van der Waals surface area (Å²) in [5.74, 6) is -0.972. The Balaban J connectivity index is 0.000000751. The van der Waals surface area contributed by atoms with Crippen molar-refractivity contribution in [3.05, 3.63) is 89.5 Å². The first kappa shape index (κ1) is 26.2. The lowest BCUT2D eigenvalue weighted by Gasteiger charge is -2.07. The maximum absolute atomic E-state index is 11.1. The fraction of sp³-hybridized carbons (Fsp3) is 0.160. The predicted molar refractivity (Wildman–Crippen MR) is 128 cm³/mol. The Labute approximate surface area is 193 Å². The number of esters is 2. The fourth-order valence-corrected chi connectivity index (χ4v) is 2.26. The van der Waals surface area contributed by atoms with Crippen molar-refractivity contribution in [1.82, 2.24) is 0 Å². The van der Waals surface area contributed by atoms with Crippen LogP contribution in [0.2, 0.25) is 0 Å². The molecular formula is C25H25ClN2O4. The molecule has 2 aromatic rings. The standard InChI is InChI=1S/C21H19ClN2O2.C4H6O2/c1-16(22)21(25)26-14-2-13-24-20-11-9-18(10-12-20)4-3-17-5-7-19(15-23)8-6-17;1-3-4(5)6-2/h3-12,24H,1-2,13-14H2;3H,1H2,2H3. The molecule has 32 heavy (non-hydrogen) atoms. The second-order valence-corrected chi connectivity index (χ2v) is 6.69. The Morgan fingerprint density at radius 1 is 1.09 bits per heavy atom. The van der Waals surface area contributed by atoms with Gasteiger partial charge in [-0.15, -0.1) is 0 Å². The molecule has 0 aliphatic rings. The first-order valence-corrected chi connectivity index (χ1v) is 10.0. The summed E-state index contributed by atoms with van der Waals surface area (Å²) < 4.78 is 9.05. The van der Waals surface area contributed by atoms with Crippen LogP contribution in [0.3, 0.4) is 0 Å². The Morgan fingerprint density at radius 3 is 2.09 bits per heavy atom. The van der Waals surface area contributed by atoms with E-state index in [0.717, 1.165) is 22.9 Å². The SMILES string of the molecule is C=C(Cl)C(=O)OCCCNc1ccc(C=Cc2ccc(C#N)cc2)cc1.C=CC(=O)OC. The fourth-order valence-electron chi connectivity index (χ4n) is 2.20. The highest BCUT2D eigenvalue weighted by Gasteiger charge is 2.03. The van der Waals surface area contributed by atoms with E-state index in [1.807, 2.05) is 48.6 Å². The van der Waals surface area contributed by atoms with Crippen LogP contribution in [0.5, 0.6) is 0 Å². The van der Waals surface area contributed by atoms with Crippen LogP contribution >= 0.6 is 11.6 Å². The Bertz CT molecular complexity index is 974. The van der Waals surface area contributed by atoms with Crippen molar-refractivity contribution < 1.29 is 19.1 Å². The van der Waals surface area contributed by atoms with E-state index in [2.05, 4.69) is 29.3 Å². The van der Waals surface area contributed by atoms with Crippen LogP contribution in [0, 0.1) is 11.3 Å². The number of hydrogen-bond donors (Lipinski definition) is 1. The van der Waals surface area contributed by atoms with E-state index < -0.39 is 11.9 Å². The maximum atomic E-state index is 11.1. The molecule has 0 fully saturated rings. The monoisotopic (exact) mass is 452 g/mol. The van der Waals surface area contributed by atoms with Crippen molar-refractivity contribution in [2.75, 3.05) is 25.6 Å². The van der Waals surface area contributed by atoms with Gasteiger partial charge < -0.3 is 14.8 Å². The average molecular weight is 453 g/mol. The van der Waals surface area contributed by atoms with Crippen LogP contribution in [0.15, 0.2) is 72.8 Å². The third-order valence-corrected chi connectivity index (χ3v) is 4.05. The molecule has 1 N–H and O–H groups in total. The number of nitrogens with one attached hydrogen (secondary N) is 1. The molecule has 6 nitrogen and oxygen atoms in total. The minimum atomic E-state index is -0.579. The van der Waals surface area contributed by atoms with E-state index >= 15 is 0 Å². The van der Waals surface area contributed by atoms with Gasteiger partial charge in [-0.05, 0) is 41.8 Å². The van der Waals surface area contributed by atoms with Crippen LogP contribution in [-0.4, -0.2) is 32.2 Å². The summed E-state index contributed by atoms with van der Waals surface area (Å²) in [6.07, 6.45) is 5.81. The smallest absolute Gasteiger partial charge is 0.349 e. The molecule has 0 saturated heterocycles. The minimum absolute atomic E-state index is 0.109. The Morgan fingerprint density at radius 2 is 1.66 bits per heavy atom. The zero-order valence-electron chi connectivity index (χ0n) is 17.8. The summed E-state index contributed by atoms with van der Waals surface area (Å²) in [4.78, 5) is 21.0. The lowest BCUT2D eigenvalue weighted by Crippen LogP contribution is -2.09. The summed E-state index contributed by atoms with van der Waals surface area (Å²) in [5, 5.41) is 11.9. The van der Waals surface area contributed by atoms with E-state index in [1.54, 1.807) is 12.1 Å². The lowest BCUT2D eigenvalue weighted by molar-refractivity contribution is -0.138. The highest BCUT2D eigenvalue weighted by atomic mass is 35.5. The van der Waals surface area contributed by atoms with Crippen LogP contribution < -0.4 is 5.32 Å². The molecule has 2 rings (SSSR count). The number of benzene rings is 2. The highest BCUT2D eigenvalue weighted by Crippen LogP contribution is 2.13. The first-order valence-electron chi connectivity index (χ1n) is 9.63. The Hall–Kier alpha value is -3.82. The molecule has 2 aromatic carbocycles. The van der Waals surface area contributed by atoms with Gasteiger partial charge >= 0.3 is 11.9 Å². The van der Waals surface area contributed by atoms with Gasteiger partial charge in [0, 0.05) is 18.3 Å². The molecule has 0 bridgehead atoms. The van der Waals surface area contributed by atoms with Crippen molar-refractivity contribution in [1.29, 1.82) is 5.26 Å². The van der Waals surface area contributed by atoms with Crippen LogP contribution in [0.25, 0.3) is 12.2 Å². The van der Waals surface area contributed by atoms with Crippen LogP contribution in [0.4, 0.5) is 5.69 Å². The Kier molecular flexibility index (Phi) is 12.3. The molecule has 0 heterocycles. The van der Waals surface area contributed by atoms with Crippen molar-refractivity contribution in [3.63, 3.8) is 0 Å². The second-order valence-electron chi connectivity index (χ2n) is 6.24. The molecule has 0 spiro atoms. The van der Waals surface area contributed by atoms with Crippen molar-refractivity contribution >= 4 is 41.4 Å². The molecule has 0 atom stereocenters. The second kappa shape index (κ2) is 15.1. The molecular weight excluding hydrogens is 428 g/mol. The van der Waals surface area contributed by atoms with Gasteiger partial charge in [0.05, 0.1) is 25.3 Å². The topological polar surface area (TPSA) is 88.4 Å². The quantitative estimate of drug-likeness (QED) is 0.244. The van der Waals surface area contributed by atoms with E-state index in [-0.39, 0.29) is 5.03 Å². The van der Waals surface area contributed by atoms with E-state index in [9.17, 15) is 9.59 Å². The van der Waals surface area contributed by atoms with Crippen LogP contribution in [-0.2, 0) is 19.1 Å². The molecule has 0 aromatic heterocycles. The number of methoxy groups -OCH3 is 1. The first-order chi connectivity index (χ1) is 15.4. The number of halogens is 1. The summed E-state index contributed by atoms with van der Waals surface area (Å²) >= 11 is 5.43. The number of ether oxygens (including phenoxy) is 2. The van der Waals surface area contributed by atoms with Crippen molar-refractivity contribution in [2.24, 2.45) is 0 Å². The van der Waals surface area contributed by atoms with E-state index in [1.165, 1.54) is 7.11 Å². The van der Waals surface area contributed by atoms with Gasteiger partial charge in [-0.2, -0.15) is 5.26 Å². The van der Waals surface area contributed by atoms with Gasteiger partial charge in [0.2, 0.25) is 0 Å². The largest absolute Gasteiger partial charge is 0.466 e. The van der Waals surface area contributed by atoms with Gasteiger partial charge in [0.1, 0.15) is 5.03 Å². The third kappa shape index (κ3) is 10.8. The number of nitriles is 1. The summed E-state index contributed by atoms with van der Waals surface area (Å²) in [5.41, 5.74) is 3.77.